The van der Waals surface area contributed by atoms with Gasteiger partial charge in [0.15, 0.2) is 0 Å². The molecule has 0 saturated carbocycles. The van der Waals surface area contributed by atoms with Crippen molar-refractivity contribution in [2.75, 3.05) is 19.0 Å². The molecule has 1 N–H and O–H groups in total. The molecule has 0 spiro atoms. The second kappa shape index (κ2) is 5.88. The standard InChI is InChI=1S/C20H23NO/c1-13(2)18-11-15(14(3)9-20(18)22-4)10-16-12-21-19-8-6-5-7-17(16)19/h5-11,13,21H,12H2,1-4H3. The summed E-state index contributed by atoms with van der Waals surface area (Å²) < 4.78 is 5.54. The first-order valence-electron chi connectivity index (χ1n) is 7.82. The number of para-hydroxylation sites is 1. The lowest BCUT2D eigenvalue weighted by molar-refractivity contribution is 0.407. The fourth-order valence-electron chi connectivity index (χ4n) is 3.02. The molecular formula is C20H23NO. The Morgan fingerprint density at radius 3 is 2.68 bits per heavy atom. The number of anilines is 1. The molecule has 0 atom stereocenters. The molecule has 2 heteroatoms. The smallest absolute Gasteiger partial charge is 0.122 e. The second-order valence-electron chi connectivity index (χ2n) is 6.17. The van der Waals surface area contributed by atoms with Crippen molar-refractivity contribution in [1.29, 1.82) is 0 Å². The molecule has 2 aromatic rings. The average molecular weight is 293 g/mol. The minimum atomic E-state index is 0.446. The molecule has 0 amide bonds. The first-order valence-corrected chi connectivity index (χ1v) is 7.82. The highest BCUT2D eigenvalue weighted by atomic mass is 16.5. The number of aryl methyl sites for hydroxylation is 1. The van der Waals surface area contributed by atoms with Crippen LogP contribution in [0.25, 0.3) is 11.6 Å². The van der Waals surface area contributed by atoms with E-state index in [0.29, 0.717) is 5.92 Å². The average Bonchev–Trinajstić information content (AvgIpc) is 2.92. The highest BCUT2D eigenvalue weighted by molar-refractivity contribution is 5.93. The third-order valence-corrected chi connectivity index (χ3v) is 4.31. The predicted octanol–water partition coefficient (Wildman–Crippen LogP) is 5.09. The molecule has 114 valence electrons. The third-order valence-electron chi connectivity index (χ3n) is 4.31. The summed E-state index contributed by atoms with van der Waals surface area (Å²) in [5.74, 6) is 1.43. The Hall–Kier alpha value is -2.22. The zero-order chi connectivity index (χ0) is 15.7. The van der Waals surface area contributed by atoms with Crippen LogP contribution in [0.2, 0.25) is 0 Å². The van der Waals surface area contributed by atoms with Gasteiger partial charge in [-0.25, -0.2) is 0 Å². The number of nitrogens with one attached hydrogen (secondary N) is 1. The summed E-state index contributed by atoms with van der Waals surface area (Å²) in [6.45, 7) is 7.45. The SMILES string of the molecule is COc1cc(C)c(C=C2CNc3ccccc32)cc1C(C)C. The van der Waals surface area contributed by atoms with Crippen LogP contribution in [0.5, 0.6) is 5.75 Å². The second-order valence-corrected chi connectivity index (χ2v) is 6.17. The topological polar surface area (TPSA) is 21.3 Å². The highest BCUT2D eigenvalue weighted by Crippen LogP contribution is 2.34. The molecular weight excluding hydrogens is 270 g/mol. The third kappa shape index (κ3) is 2.61. The van der Waals surface area contributed by atoms with Crippen LogP contribution in [0.4, 0.5) is 5.69 Å². The fraction of sp³-hybridized carbons (Fsp3) is 0.300. The van der Waals surface area contributed by atoms with Gasteiger partial charge in [0.05, 0.1) is 7.11 Å². The van der Waals surface area contributed by atoms with Gasteiger partial charge in [-0.2, -0.15) is 0 Å². The molecule has 1 aliphatic heterocycles. The maximum Gasteiger partial charge on any atom is 0.122 e. The summed E-state index contributed by atoms with van der Waals surface area (Å²) in [4.78, 5) is 0. The number of hydrogen-bond donors (Lipinski definition) is 1. The van der Waals surface area contributed by atoms with Gasteiger partial charge in [0, 0.05) is 17.8 Å². The zero-order valence-corrected chi connectivity index (χ0v) is 13.7. The molecule has 2 nitrogen and oxygen atoms in total. The lowest BCUT2D eigenvalue weighted by atomic mass is 9.94. The number of benzene rings is 2. The summed E-state index contributed by atoms with van der Waals surface area (Å²) in [5, 5.41) is 3.46. The van der Waals surface area contributed by atoms with E-state index in [9.17, 15) is 0 Å². The molecule has 0 radical (unpaired) electrons. The Morgan fingerprint density at radius 1 is 1.18 bits per heavy atom. The number of hydrogen-bond acceptors (Lipinski definition) is 2. The minimum Gasteiger partial charge on any atom is -0.496 e. The van der Waals surface area contributed by atoms with Crippen molar-refractivity contribution in [3.8, 4) is 5.75 Å². The summed E-state index contributed by atoms with van der Waals surface area (Å²) in [5.41, 5.74) is 7.67. The summed E-state index contributed by atoms with van der Waals surface area (Å²) in [6.07, 6.45) is 2.31. The van der Waals surface area contributed by atoms with Gasteiger partial charge in [-0.15, -0.1) is 0 Å². The predicted molar refractivity (Wildman–Crippen MR) is 94.6 cm³/mol. The maximum absolute atomic E-state index is 5.54. The number of rotatable bonds is 3. The molecule has 1 heterocycles. The molecule has 0 saturated heterocycles. The van der Waals surface area contributed by atoms with Crippen LogP contribution < -0.4 is 10.1 Å². The number of fused-ring (bicyclic) bond motifs is 1. The molecule has 2 aromatic carbocycles. The van der Waals surface area contributed by atoms with Crippen molar-refractivity contribution in [1.82, 2.24) is 0 Å². The van der Waals surface area contributed by atoms with E-state index in [0.717, 1.165) is 12.3 Å². The van der Waals surface area contributed by atoms with Gasteiger partial charge in [0.25, 0.3) is 0 Å². The lowest BCUT2D eigenvalue weighted by Crippen LogP contribution is -1.97. The highest BCUT2D eigenvalue weighted by Gasteiger charge is 2.16. The Morgan fingerprint density at radius 2 is 1.95 bits per heavy atom. The number of methoxy groups -OCH3 is 1. The van der Waals surface area contributed by atoms with Crippen molar-refractivity contribution in [3.05, 3.63) is 58.7 Å². The lowest BCUT2D eigenvalue weighted by Gasteiger charge is -2.15. The van der Waals surface area contributed by atoms with E-state index in [2.05, 4.69) is 68.6 Å². The Kier molecular flexibility index (Phi) is 3.93. The van der Waals surface area contributed by atoms with E-state index in [-0.39, 0.29) is 0 Å². The summed E-state index contributed by atoms with van der Waals surface area (Å²) in [7, 11) is 1.75. The molecule has 22 heavy (non-hydrogen) atoms. The largest absolute Gasteiger partial charge is 0.496 e. The van der Waals surface area contributed by atoms with Crippen LogP contribution in [0.15, 0.2) is 36.4 Å². The number of ether oxygens (including phenoxy) is 1. The molecule has 3 rings (SSSR count). The summed E-state index contributed by atoms with van der Waals surface area (Å²) in [6, 6.07) is 12.9. The minimum absolute atomic E-state index is 0.446. The van der Waals surface area contributed by atoms with E-state index >= 15 is 0 Å². The Labute approximate surface area is 132 Å². The van der Waals surface area contributed by atoms with Crippen molar-refractivity contribution in [3.63, 3.8) is 0 Å². The maximum atomic E-state index is 5.54. The molecule has 0 fully saturated rings. The van der Waals surface area contributed by atoms with Crippen LogP contribution >= 0.6 is 0 Å². The molecule has 1 aliphatic rings. The Balaban J connectivity index is 2.06. The van der Waals surface area contributed by atoms with Crippen molar-refractivity contribution in [2.45, 2.75) is 26.7 Å². The van der Waals surface area contributed by atoms with Gasteiger partial charge in [-0.1, -0.05) is 32.0 Å². The van der Waals surface area contributed by atoms with Gasteiger partial charge in [0.1, 0.15) is 5.75 Å². The first kappa shape index (κ1) is 14.7. The van der Waals surface area contributed by atoms with Crippen LogP contribution in [-0.2, 0) is 0 Å². The van der Waals surface area contributed by atoms with Crippen LogP contribution in [-0.4, -0.2) is 13.7 Å². The molecule has 0 unspecified atom stereocenters. The van der Waals surface area contributed by atoms with Crippen LogP contribution in [0.3, 0.4) is 0 Å². The van der Waals surface area contributed by atoms with E-state index in [1.807, 2.05) is 0 Å². The van der Waals surface area contributed by atoms with Crippen LogP contribution in [0.1, 0.15) is 42.0 Å². The fourth-order valence-corrected chi connectivity index (χ4v) is 3.02. The normalized spacial score (nSPS) is 15.0. The van der Waals surface area contributed by atoms with Crippen molar-refractivity contribution < 1.29 is 4.74 Å². The van der Waals surface area contributed by atoms with E-state index in [1.54, 1.807) is 7.11 Å². The first-order chi connectivity index (χ1) is 10.6. The van der Waals surface area contributed by atoms with Crippen LogP contribution in [0, 0.1) is 6.92 Å². The van der Waals surface area contributed by atoms with E-state index in [1.165, 1.54) is 33.5 Å². The zero-order valence-electron chi connectivity index (χ0n) is 13.7. The van der Waals surface area contributed by atoms with Gasteiger partial charge in [-0.05, 0) is 59.4 Å². The van der Waals surface area contributed by atoms with E-state index in [4.69, 9.17) is 4.74 Å². The Bertz CT molecular complexity index is 728. The van der Waals surface area contributed by atoms with Gasteiger partial charge in [0.2, 0.25) is 0 Å². The molecule has 0 aromatic heterocycles. The van der Waals surface area contributed by atoms with Gasteiger partial charge < -0.3 is 10.1 Å². The molecule has 0 aliphatic carbocycles. The quantitative estimate of drug-likeness (QED) is 0.850. The van der Waals surface area contributed by atoms with Crippen molar-refractivity contribution >= 4 is 17.3 Å². The molecule has 0 bridgehead atoms. The summed E-state index contributed by atoms with van der Waals surface area (Å²) >= 11 is 0. The van der Waals surface area contributed by atoms with Gasteiger partial charge >= 0.3 is 0 Å². The van der Waals surface area contributed by atoms with E-state index < -0.39 is 0 Å². The monoisotopic (exact) mass is 293 g/mol. The van der Waals surface area contributed by atoms with Gasteiger partial charge in [-0.3, -0.25) is 0 Å². The van der Waals surface area contributed by atoms with Crippen molar-refractivity contribution in [2.24, 2.45) is 0 Å².